The van der Waals surface area contributed by atoms with Crippen LogP contribution in [0.3, 0.4) is 0 Å². The van der Waals surface area contributed by atoms with Gasteiger partial charge in [-0.2, -0.15) is 9.97 Å². The number of fused-ring (bicyclic) bond motifs is 3. The molecule has 6 heterocycles. The van der Waals surface area contributed by atoms with Crippen LogP contribution in [0.25, 0.3) is 32.9 Å². The van der Waals surface area contributed by atoms with E-state index in [1.54, 1.807) is 24.4 Å². The van der Waals surface area contributed by atoms with Crippen LogP contribution in [0.15, 0.2) is 30.5 Å². The van der Waals surface area contributed by atoms with Gasteiger partial charge in [0.25, 0.3) is 0 Å². The van der Waals surface area contributed by atoms with E-state index in [0.717, 1.165) is 58.4 Å². The number of halogens is 3. The molecule has 262 valence electrons. The second-order valence-corrected chi connectivity index (χ2v) is 14.0. The van der Waals surface area contributed by atoms with Crippen LogP contribution in [0.5, 0.6) is 11.8 Å². The third-order valence-electron chi connectivity index (χ3n) is 11.1. The number of aromatic nitrogens is 3. The maximum absolute atomic E-state index is 17.1. The SMILES string of the molecule is C#Cc1c(F)ccc2cc(OCOC)cc(-c3ncc4c(N5CCC(N6CCCC6)CC5)nc(OC[C@@]56CCCN5C[C@H](F)C6)nc4c3F)c12. The Kier molecular flexibility index (Phi) is 8.91. The van der Waals surface area contributed by atoms with Gasteiger partial charge in [0.05, 0.1) is 16.5 Å². The minimum Gasteiger partial charge on any atom is -0.468 e. The average Bonchev–Trinajstić information content (AvgIpc) is 3.87. The highest BCUT2D eigenvalue weighted by Crippen LogP contribution is 2.42. The highest BCUT2D eigenvalue weighted by molar-refractivity contribution is 6.03. The van der Waals surface area contributed by atoms with Crippen LogP contribution in [0.1, 0.15) is 50.5 Å². The van der Waals surface area contributed by atoms with E-state index in [4.69, 9.17) is 25.6 Å². The molecule has 4 aliphatic rings. The summed E-state index contributed by atoms with van der Waals surface area (Å²) >= 11 is 0. The fraction of sp³-hybridized carbons (Fsp3) is 0.500. The van der Waals surface area contributed by atoms with Crippen LogP contribution in [-0.2, 0) is 4.74 Å². The Morgan fingerprint density at radius 2 is 1.84 bits per heavy atom. The second kappa shape index (κ2) is 13.5. The van der Waals surface area contributed by atoms with Crippen molar-refractivity contribution in [1.82, 2.24) is 24.8 Å². The molecule has 2 atom stereocenters. The normalized spacial score (nSPS) is 23.2. The zero-order chi connectivity index (χ0) is 34.4. The summed E-state index contributed by atoms with van der Waals surface area (Å²) in [7, 11) is 1.50. The summed E-state index contributed by atoms with van der Waals surface area (Å²) in [5, 5.41) is 1.34. The number of anilines is 1. The molecule has 4 aromatic rings. The molecule has 0 aliphatic carbocycles. The third kappa shape index (κ3) is 5.89. The monoisotopic (exact) mass is 686 g/mol. The highest BCUT2D eigenvalue weighted by Gasteiger charge is 2.49. The molecule has 9 nitrogen and oxygen atoms in total. The van der Waals surface area contributed by atoms with Crippen molar-refractivity contribution >= 4 is 27.5 Å². The minimum absolute atomic E-state index is 0.00605. The highest BCUT2D eigenvalue weighted by atomic mass is 19.1. The number of piperidine rings is 1. The molecule has 0 spiro atoms. The van der Waals surface area contributed by atoms with Gasteiger partial charge >= 0.3 is 6.01 Å². The summed E-state index contributed by atoms with van der Waals surface area (Å²) < 4.78 is 63.9. The van der Waals surface area contributed by atoms with Gasteiger partial charge in [-0.05, 0) is 81.7 Å². The molecule has 50 heavy (non-hydrogen) atoms. The first-order valence-electron chi connectivity index (χ1n) is 17.6. The summed E-state index contributed by atoms with van der Waals surface area (Å²) in [6.07, 6.45) is 13.0. The molecular weight excluding hydrogens is 645 g/mol. The van der Waals surface area contributed by atoms with Gasteiger partial charge < -0.3 is 24.0 Å². The second-order valence-electron chi connectivity index (χ2n) is 14.0. The van der Waals surface area contributed by atoms with Gasteiger partial charge in [-0.15, -0.1) is 6.42 Å². The van der Waals surface area contributed by atoms with E-state index in [1.807, 2.05) is 0 Å². The van der Waals surface area contributed by atoms with Crippen molar-refractivity contribution < 1.29 is 27.4 Å². The molecule has 8 rings (SSSR count). The Balaban J connectivity index is 1.23. The average molecular weight is 687 g/mol. The molecule has 0 amide bonds. The maximum atomic E-state index is 17.1. The Morgan fingerprint density at radius 1 is 1.02 bits per heavy atom. The van der Waals surface area contributed by atoms with Crippen molar-refractivity contribution in [1.29, 1.82) is 0 Å². The number of likely N-dealkylation sites (tertiary alicyclic amines) is 1. The van der Waals surface area contributed by atoms with E-state index in [9.17, 15) is 4.39 Å². The Hall–Kier alpha value is -4.18. The van der Waals surface area contributed by atoms with Crippen LogP contribution < -0.4 is 14.4 Å². The van der Waals surface area contributed by atoms with E-state index < -0.39 is 23.3 Å². The molecule has 0 radical (unpaired) electrons. The van der Waals surface area contributed by atoms with Crippen molar-refractivity contribution in [2.75, 3.05) is 64.7 Å². The summed E-state index contributed by atoms with van der Waals surface area (Å²) in [4.78, 5) is 21.0. The zero-order valence-electron chi connectivity index (χ0n) is 28.3. The molecule has 0 unspecified atom stereocenters. The lowest BCUT2D eigenvalue weighted by Gasteiger charge is -2.37. The largest absolute Gasteiger partial charge is 0.468 e. The zero-order valence-corrected chi connectivity index (χ0v) is 28.3. The number of rotatable bonds is 9. The number of alkyl halides is 1. The third-order valence-corrected chi connectivity index (χ3v) is 11.1. The smallest absolute Gasteiger partial charge is 0.319 e. The number of hydrogen-bond acceptors (Lipinski definition) is 9. The predicted molar refractivity (Wildman–Crippen MR) is 185 cm³/mol. The van der Waals surface area contributed by atoms with Crippen LogP contribution in [0.4, 0.5) is 19.0 Å². The number of ether oxygens (including phenoxy) is 3. The first kappa shape index (κ1) is 33.0. The van der Waals surface area contributed by atoms with Gasteiger partial charge in [-0.25, -0.2) is 13.2 Å². The van der Waals surface area contributed by atoms with Crippen LogP contribution >= 0.6 is 0 Å². The number of pyridine rings is 1. The van der Waals surface area contributed by atoms with Gasteiger partial charge in [0.15, 0.2) is 12.6 Å². The minimum atomic E-state index is -0.911. The molecule has 4 fully saturated rings. The molecule has 0 N–H and O–H groups in total. The quantitative estimate of drug-likeness (QED) is 0.153. The van der Waals surface area contributed by atoms with Crippen molar-refractivity contribution in [3.8, 4) is 35.4 Å². The van der Waals surface area contributed by atoms with Crippen LogP contribution in [0.2, 0.25) is 0 Å². The van der Waals surface area contributed by atoms with E-state index in [0.29, 0.717) is 46.7 Å². The van der Waals surface area contributed by atoms with Crippen LogP contribution in [0, 0.1) is 24.0 Å². The Morgan fingerprint density at radius 3 is 2.62 bits per heavy atom. The van der Waals surface area contributed by atoms with E-state index in [2.05, 4.69) is 30.6 Å². The van der Waals surface area contributed by atoms with Crippen LogP contribution in [-0.4, -0.2) is 102 Å². The van der Waals surface area contributed by atoms with Crippen molar-refractivity contribution in [2.24, 2.45) is 0 Å². The maximum Gasteiger partial charge on any atom is 0.319 e. The number of hydrogen-bond donors (Lipinski definition) is 0. The summed E-state index contributed by atoms with van der Waals surface area (Å²) in [5.74, 6) is 2.05. The van der Waals surface area contributed by atoms with Crippen molar-refractivity contribution in [2.45, 2.75) is 62.7 Å². The lowest BCUT2D eigenvalue weighted by molar-refractivity contribution is 0.0512. The first-order chi connectivity index (χ1) is 24.4. The predicted octanol–water partition coefficient (Wildman–Crippen LogP) is 6.11. The number of nitrogens with zero attached hydrogens (tertiary/aromatic N) is 6. The molecule has 0 bridgehead atoms. The molecular formula is C38H41F3N6O3. The lowest BCUT2D eigenvalue weighted by Crippen LogP contribution is -2.44. The van der Waals surface area contributed by atoms with Gasteiger partial charge in [-0.1, -0.05) is 12.0 Å². The van der Waals surface area contributed by atoms with E-state index >= 15 is 8.78 Å². The molecule has 2 aromatic heterocycles. The van der Waals surface area contributed by atoms with E-state index in [-0.39, 0.29) is 41.7 Å². The summed E-state index contributed by atoms with van der Waals surface area (Å²) in [5.41, 5.74) is -0.205. The van der Waals surface area contributed by atoms with Crippen molar-refractivity contribution in [3.63, 3.8) is 0 Å². The van der Waals surface area contributed by atoms with Gasteiger partial charge in [0.2, 0.25) is 0 Å². The topological polar surface area (TPSA) is 76.1 Å². The molecule has 2 aromatic carbocycles. The van der Waals surface area contributed by atoms with Gasteiger partial charge in [0.1, 0.15) is 41.4 Å². The summed E-state index contributed by atoms with van der Waals surface area (Å²) in [6, 6.07) is 6.68. The first-order valence-corrected chi connectivity index (χ1v) is 17.6. The Bertz CT molecular complexity index is 1960. The fourth-order valence-corrected chi connectivity index (χ4v) is 8.66. The van der Waals surface area contributed by atoms with Crippen molar-refractivity contribution in [3.05, 3.63) is 47.7 Å². The Labute approximate surface area is 289 Å². The number of benzene rings is 2. The molecule has 12 heteroatoms. The van der Waals surface area contributed by atoms with Gasteiger partial charge in [0, 0.05) is 56.4 Å². The number of terminal acetylenes is 1. The van der Waals surface area contributed by atoms with Gasteiger partial charge in [-0.3, -0.25) is 9.88 Å². The molecule has 4 saturated heterocycles. The fourth-order valence-electron chi connectivity index (χ4n) is 8.66. The molecule has 4 aliphatic heterocycles. The summed E-state index contributed by atoms with van der Waals surface area (Å²) in [6.45, 7) is 5.13. The molecule has 0 saturated carbocycles. The lowest BCUT2D eigenvalue weighted by atomic mass is 9.95. The number of methoxy groups -OCH3 is 1. The standard InChI is InChI=1S/C38H41F3N6O3/c1-3-28-31(40)8-7-24-17-27(50-23-48-2)18-29(32(24)28)34-33(41)35-30(20-42-34)36(46-15-9-26(10-16-46)45-12-4-5-13-45)44-37(43-35)49-22-38-11-6-14-47(38)21-25(39)19-38/h1,7-8,17-18,20,25-26H,4-6,9-16,19,21-23H2,2H3/t25-,38+/m1/s1. The van der Waals surface area contributed by atoms with E-state index in [1.165, 1.54) is 26.0 Å².